The number of rotatable bonds is 7. The lowest BCUT2D eigenvalue weighted by atomic mass is 9.90. The number of hydrogen-bond donors (Lipinski definition) is 2. The summed E-state index contributed by atoms with van der Waals surface area (Å²) in [6, 6.07) is 14.4. The second kappa shape index (κ2) is 12.3. The van der Waals surface area contributed by atoms with E-state index in [2.05, 4.69) is 15.5 Å². The van der Waals surface area contributed by atoms with Gasteiger partial charge in [0.05, 0.1) is 20.3 Å². The van der Waals surface area contributed by atoms with Crippen molar-refractivity contribution in [2.45, 2.75) is 20.4 Å². The fourth-order valence-electron chi connectivity index (χ4n) is 5.54. The van der Waals surface area contributed by atoms with Crippen LogP contribution in [-0.2, 0) is 20.9 Å². The monoisotopic (exact) mass is 574 g/mol. The number of carbonyl (C=O) groups excluding carboxylic acids is 3. The molecule has 2 aliphatic rings. The lowest BCUT2D eigenvalue weighted by Gasteiger charge is -2.28. The van der Waals surface area contributed by atoms with Crippen LogP contribution in [0, 0.1) is 25.6 Å². The maximum Gasteiger partial charge on any atom is 0.323 e. The molecule has 0 spiro atoms. The second-order valence-electron chi connectivity index (χ2n) is 10.6. The maximum absolute atomic E-state index is 15.5. The highest BCUT2D eigenvalue weighted by atomic mass is 19.1. The van der Waals surface area contributed by atoms with Crippen LogP contribution in [0.3, 0.4) is 0 Å². The first kappa shape index (κ1) is 29.2. The standard InChI is InChI=1S/C32H35FN4O5/c1-19-22(21-15-27(33)26(29(16-21)41-4)18-37-11-13-42-14-12-37)7-5-8-23(19)24-9-6-10-28(20(24)2)35-30(38)25-17-34-32(40)36(3)31(25)39/h5-10,15-16,25H,11-14,17-18H2,1-4H3,(H,34,40)(H,35,38). The molecule has 0 aliphatic carbocycles. The van der Waals surface area contributed by atoms with Crippen molar-refractivity contribution in [1.82, 2.24) is 15.1 Å². The summed E-state index contributed by atoms with van der Waals surface area (Å²) in [4.78, 5) is 40.3. The predicted molar refractivity (Wildman–Crippen MR) is 158 cm³/mol. The lowest BCUT2D eigenvalue weighted by molar-refractivity contribution is -0.138. The molecule has 0 bridgehead atoms. The van der Waals surface area contributed by atoms with Crippen LogP contribution >= 0.6 is 0 Å². The Balaban J connectivity index is 1.44. The van der Waals surface area contributed by atoms with E-state index in [1.54, 1.807) is 19.2 Å². The van der Waals surface area contributed by atoms with Gasteiger partial charge >= 0.3 is 6.03 Å². The van der Waals surface area contributed by atoms with Crippen molar-refractivity contribution >= 4 is 23.5 Å². The van der Waals surface area contributed by atoms with Gasteiger partial charge in [0.15, 0.2) is 0 Å². The molecule has 4 amide bonds. The van der Waals surface area contributed by atoms with Crippen molar-refractivity contribution in [2.75, 3.05) is 52.3 Å². The number of nitrogens with one attached hydrogen (secondary N) is 2. The molecule has 2 N–H and O–H groups in total. The van der Waals surface area contributed by atoms with E-state index in [1.165, 1.54) is 7.05 Å². The van der Waals surface area contributed by atoms with Gasteiger partial charge in [0.2, 0.25) is 11.8 Å². The number of benzene rings is 3. The number of methoxy groups -OCH3 is 1. The van der Waals surface area contributed by atoms with Crippen molar-refractivity contribution in [3.63, 3.8) is 0 Å². The van der Waals surface area contributed by atoms with E-state index in [1.807, 2.05) is 50.2 Å². The normalized spacial score (nSPS) is 17.6. The molecule has 0 aromatic heterocycles. The van der Waals surface area contributed by atoms with Crippen LogP contribution in [0.5, 0.6) is 5.75 Å². The van der Waals surface area contributed by atoms with E-state index in [0.717, 1.165) is 45.8 Å². The van der Waals surface area contributed by atoms with Crippen LogP contribution in [0.1, 0.15) is 16.7 Å². The SMILES string of the molecule is COc1cc(-c2cccc(-c3cccc(NC(=O)C4CNC(=O)N(C)C4=O)c3C)c2C)cc(F)c1CN1CCOCC1. The maximum atomic E-state index is 15.5. The number of morpholine rings is 1. The van der Waals surface area contributed by atoms with Gasteiger partial charge in [-0.25, -0.2) is 9.18 Å². The van der Waals surface area contributed by atoms with Gasteiger partial charge in [-0.05, 0) is 65.4 Å². The quantitative estimate of drug-likeness (QED) is 0.407. The van der Waals surface area contributed by atoms with Crippen molar-refractivity contribution in [1.29, 1.82) is 0 Å². The Bertz CT molecular complexity index is 1540. The zero-order valence-corrected chi connectivity index (χ0v) is 24.3. The Labute approximate surface area is 244 Å². The van der Waals surface area contributed by atoms with Gasteiger partial charge in [-0.2, -0.15) is 0 Å². The third-order valence-electron chi connectivity index (χ3n) is 8.09. The summed E-state index contributed by atoms with van der Waals surface area (Å²) in [5.74, 6) is -1.87. The number of ether oxygens (including phenoxy) is 2. The lowest BCUT2D eigenvalue weighted by Crippen LogP contribution is -2.56. The fourth-order valence-corrected chi connectivity index (χ4v) is 5.54. The molecule has 1 atom stereocenters. The molecular formula is C32H35FN4O5. The van der Waals surface area contributed by atoms with E-state index in [0.29, 0.717) is 42.3 Å². The van der Waals surface area contributed by atoms with Crippen molar-refractivity contribution in [2.24, 2.45) is 5.92 Å². The van der Waals surface area contributed by atoms with Crippen molar-refractivity contribution < 1.29 is 28.2 Å². The molecule has 3 aromatic rings. The van der Waals surface area contributed by atoms with Crippen molar-refractivity contribution in [3.05, 3.63) is 71.0 Å². The van der Waals surface area contributed by atoms with Gasteiger partial charge in [0.1, 0.15) is 17.5 Å². The molecule has 2 saturated heterocycles. The molecule has 42 heavy (non-hydrogen) atoms. The molecule has 1 unspecified atom stereocenters. The van der Waals surface area contributed by atoms with Crippen LogP contribution in [0.15, 0.2) is 48.5 Å². The van der Waals surface area contributed by atoms with Crippen LogP contribution in [0.2, 0.25) is 0 Å². The van der Waals surface area contributed by atoms with Crippen molar-refractivity contribution in [3.8, 4) is 28.0 Å². The first-order chi connectivity index (χ1) is 20.2. The smallest absolute Gasteiger partial charge is 0.323 e. The fraction of sp³-hybridized carbons (Fsp3) is 0.344. The number of nitrogens with zero attached hydrogens (tertiary/aromatic N) is 2. The Morgan fingerprint density at radius 3 is 2.43 bits per heavy atom. The highest BCUT2D eigenvalue weighted by molar-refractivity contribution is 6.12. The summed E-state index contributed by atoms with van der Waals surface area (Å²) in [7, 11) is 2.90. The summed E-state index contributed by atoms with van der Waals surface area (Å²) in [6.07, 6.45) is 0. The number of carbonyl (C=O) groups is 3. The average molecular weight is 575 g/mol. The molecule has 10 heteroatoms. The first-order valence-electron chi connectivity index (χ1n) is 13.9. The first-order valence-corrected chi connectivity index (χ1v) is 13.9. The van der Waals surface area contributed by atoms with Gasteiger partial charge in [-0.1, -0.05) is 30.3 Å². The Morgan fingerprint density at radius 1 is 1.05 bits per heavy atom. The van der Waals surface area contributed by atoms with Crippen LogP contribution in [0.4, 0.5) is 14.9 Å². The van der Waals surface area contributed by atoms with E-state index in [-0.39, 0.29) is 12.4 Å². The summed E-state index contributed by atoms with van der Waals surface area (Å²) < 4.78 is 26.6. The van der Waals surface area contributed by atoms with Gasteiger partial charge in [-0.3, -0.25) is 19.4 Å². The van der Waals surface area contributed by atoms with Gasteiger partial charge in [0.25, 0.3) is 0 Å². The summed E-state index contributed by atoms with van der Waals surface area (Å²) in [5, 5.41) is 5.43. The van der Waals surface area contributed by atoms with Gasteiger partial charge < -0.3 is 20.1 Å². The zero-order chi connectivity index (χ0) is 30.0. The average Bonchev–Trinajstić information content (AvgIpc) is 2.99. The number of halogens is 1. The minimum absolute atomic E-state index is 0.0566. The minimum Gasteiger partial charge on any atom is -0.496 e. The predicted octanol–water partition coefficient (Wildman–Crippen LogP) is 4.35. The summed E-state index contributed by atoms with van der Waals surface area (Å²) in [6.45, 7) is 7.03. The number of hydrogen-bond acceptors (Lipinski definition) is 6. The highest BCUT2D eigenvalue weighted by Gasteiger charge is 2.36. The number of imide groups is 1. The third-order valence-corrected chi connectivity index (χ3v) is 8.09. The summed E-state index contributed by atoms with van der Waals surface area (Å²) >= 11 is 0. The van der Waals surface area contributed by atoms with E-state index in [9.17, 15) is 14.4 Å². The third kappa shape index (κ3) is 5.73. The zero-order valence-electron chi connectivity index (χ0n) is 24.3. The largest absolute Gasteiger partial charge is 0.496 e. The van der Waals surface area contributed by atoms with E-state index >= 15 is 4.39 Å². The number of amides is 4. The molecule has 2 heterocycles. The Hall–Kier alpha value is -4.28. The molecular weight excluding hydrogens is 539 g/mol. The molecule has 220 valence electrons. The van der Waals surface area contributed by atoms with Gasteiger partial charge in [-0.15, -0.1) is 0 Å². The van der Waals surface area contributed by atoms with E-state index in [4.69, 9.17) is 9.47 Å². The molecule has 9 nitrogen and oxygen atoms in total. The Kier molecular flexibility index (Phi) is 8.56. The minimum atomic E-state index is -1.02. The summed E-state index contributed by atoms with van der Waals surface area (Å²) in [5.41, 5.74) is 6.24. The molecule has 2 aliphatic heterocycles. The van der Waals surface area contributed by atoms with Crippen LogP contribution < -0.4 is 15.4 Å². The molecule has 2 fully saturated rings. The molecule has 5 rings (SSSR count). The highest BCUT2D eigenvalue weighted by Crippen LogP contribution is 2.38. The second-order valence-corrected chi connectivity index (χ2v) is 10.6. The molecule has 0 saturated carbocycles. The molecule has 0 radical (unpaired) electrons. The number of urea groups is 1. The van der Waals surface area contributed by atoms with E-state index < -0.39 is 23.8 Å². The number of anilines is 1. The topological polar surface area (TPSA) is 100 Å². The van der Waals surface area contributed by atoms with Crippen LogP contribution in [-0.4, -0.2) is 74.7 Å². The van der Waals surface area contributed by atoms with Gasteiger partial charge in [0, 0.05) is 44.5 Å². The Morgan fingerprint density at radius 2 is 1.71 bits per heavy atom. The molecule has 3 aromatic carbocycles. The van der Waals surface area contributed by atoms with Crippen LogP contribution in [0.25, 0.3) is 22.3 Å².